The number of fused-ring (bicyclic) bond motifs is 5. The quantitative estimate of drug-likeness (QED) is 0.208. The van der Waals surface area contributed by atoms with Crippen molar-refractivity contribution in [3.8, 4) is 62.6 Å². The van der Waals surface area contributed by atoms with Crippen LogP contribution in [0.5, 0.6) is 23.0 Å². The average Bonchev–Trinajstić information content (AvgIpc) is 3.43. The highest BCUT2D eigenvalue weighted by Gasteiger charge is 2.22. The van der Waals surface area contributed by atoms with Gasteiger partial charge in [0, 0.05) is 39.2 Å². The lowest BCUT2D eigenvalue weighted by atomic mass is 10.1. The standard InChI is InChI=1S/C40H25N3O2/c1-3-11-26(12-4-1)32-24-33(42-40(41-32)28-13-5-2-6-14-28)27-19-21-29(22-20-27)43-34-16-8-7-15-30(34)31-23-38-39(25-35(31)43)45-37-18-10-9-17-36(37)44-38/h1-25H. The summed E-state index contributed by atoms with van der Waals surface area (Å²) in [5.41, 5.74) is 8.01. The largest absolute Gasteiger partial charge is 0.449 e. The first-order valence-corrected chi connectivity index (χ1v) is 14.9. The molecular weight excluding hydrogens is 554 g/mol. The molecular formula is C40H25N3O2. The fourth-order valence-corrected chi connectivity index (χ4v) is 6.12. The van der Waals surface area contributed by atoms with Gasteiger partial charge in [-0.25, -0.2) is 9.97 Å². The maximum Gasteiger partial charge on any atom is 0.172 e. The molecule has 1 aliphatic rings. The second kappa shape index (κ2) is 10.2. The van der Waals surface area contributed by atoms with Gasteiger partial charge in [0.2, 0.25) is 0 Å². The van der Waals surface area contributed by atoms with Crippen LogP contribution in [-0.2, 0) is 0 Å². The molecule has 8 aromatic rings. The highest BCUT2D eigenvalue weighted by atomic mass is 16.6. The normalized spacial score (nSPS) is 11.9. The summed E-state index contributed by atoms with van der Waals surface area (Å²) >= 11 is 0. The SMILES string of the molecule is c1ccc(-c2cc(-c3ccc(-n4c5ccccc5c5cc6c(cc54)Oc4ccccc4O6)cc3)nc(-c3ccccc3)n2)cc1. The van der Waals surface area contributed by atoms with Gasteiger partial charge in [0.1, 0.15) is 0 Å². The van der Waals surface area contributed by atoms with E-state index in [0.29, 0.717) is 23.1 Å². The van der Waals surface area contributed by atoms with Crippen molar-refractivity contribution in [3.05, 3.63) is 152 Å². The lowest BCUT2D eigenvalue weighted by Crippen LogP contribution is -2.00. The minimum atomic E-state index is 0.699. The lowest BCUT2D eigenvalue weighted by molar-refractivity contribution is 0.360. The predicted molar refractivity (Wildman–Crippen MR) is 179 cm³/mol. The van der Waals surface area contributed by atoms with E-state index in [2.05, 4.69) is 83.4 Å². The molecule has 0 aliphatic carbocycles. The third-order valence-corrected chi connectivity index (χ3v) is 8.28. The van der Waals surface area contributed by atoms with Crippen LogP contribution in [0.15, 0.2) is 152 Å². The number of nitrogens with zero attached hydrogens (tertiary/aromatic N) is 3. The van der Waals surface area contributed by atoms with Crippen LogP contribution in [0.1, 0.15) is 0 Å². The van der Waals surface area contributed by atoms with Crippen molar-refractivity contribution in [1.29, 1.82) is 0 Å². The number of para-hydroxylation sites is 3. The molecule has 1 aliphatic heterocycles. The second-order valence-corrected chi connectivity index (χ2v) is 11.1. The zero-order valence-corrected chi connectivity index (χ0v) is 24.1. The van der Waals surface area contributed by atoms with Crippen LogP contribution in [0.4, 0.5) is 0 Å². The Morgan fingerprint density at radius 3 is 1.64 bits per heavy atom. The van der Waals surface area contributed by atoms with Crippen molar-refractivity contribution in [1.82, 2.24) is 14.5 Å². The van der Waals surface area contributed by atoms with E-state index >= 15 is 0 Å². The zero-order valence-electron chi connectivity index (χ0n) is 24.1. The first kappa shape index (κ1) is 25.3. The molecule has 5 nitrogen and oxygen atoms in total. The van der Waals surface area contributed by atoms with Gasteiger partial charge in [-0.2, -0.15) is 0 Å². The Morgan fingerprint density at radius 1 is 0.400 bits per heavy atom. The third kappa shape index (κ3) is 4.33. The van der Waals surface area contributed by atoms with Gasteiger partial charge in [-0.05, 0) is 42.5 Å². The van der Waals surface area contributed by atoms with Crippen molar-refractivity contribution >= 4 is 21.8 Å². The van der Waals surface area contributed by atoms with Gasteiger partial charge in [-0.1, -0.05) is 103 Å². The third-order valence-electron chi connectivity index (χ3n) is 8.28. The van der Waals surface area contributed by atoms with E-state index in [1.807, 2.05) is 72.8 Å². The van der Waals surface area contributed by atoms with Crippen LogP contribution in [-0.4, -0.2) is 14.5 Å². The van der Waals surface area contributed by atoms with Gasteiger partial charge in [0.15, 0.2) is 28.8 Å². The molecule has 212 valence electrons. The summed E-state index contributed by atoms with van der Waals surface area (Å²) in [5, 5.41) is 2.25. The van der Waals surface area contributed by atoms with Gasteiger partial charge in [0.25, 0.3) is 0 Å². The Morgan fingerprint density at radius 2 is 0.956 bits per heavy atom. The molecule has 9 rings (SSSR count). The summed E-state index contributed by atoms with van der Waals surface area (Å²) in [6.07, 6.45) is 0. The number of benzene rings is 6. The average molecular weight is 580 g/mol. The van der Waals surface area contributed by atoms with Crippen LogP contribution in [0.25, 0.3) is 61.4 Å². The molecule has 3 heterocycles. The highest BCUT2D eigenvalue weighted by molar-refractivity contribution is 6.10. The molecule has 0 radical (unpaired) electrons. The molecule has 0 saturated carbocycles. The molecule has 0 bridgehead atoms. The Kier molecular flexibility index (Phi) is 5.74. The zero-order chi connectivity index (χ0) is 29.7. The van der Waals surface area contributed by atoms with E-state index < -0.39 is 0 Å². The van der Waals surface area contributed by atoms with E-state index in [1.165, 1.54) is 0 Å². The molecule has 0 spiro atoms. The number of aromatic nitrogens is 3. The molecule has 0 unspecified atom stereocenters. The van der Waals surface area contributed by atoms with Crippen LogP contribution >= 0.6 is 0 Å². The summed E-state index contributed by atoms with van der Waals surface area (Å²) in [7, 11) is 0. The van der Waals surface area contributed by atoms with E-state index in [4.69, 9.17) is 19.4 Å². The van der Waals surface area contributed by atoms with Crippen molar-refractivity contribution in [2.24, 2.45) is 0 Å². The van der Waals surface area contributed by atoms with Gasteiger partial charge in [0.05, 0.1) is 22.4 Å². The summed E-state index contributed by atoms with van der Waals surface area (Å²) < 4.78 is 14.8. The summed E-state index contributed by atoms with van der Waals surface area (Å²) in [6.45, 7) is 0. The number of rotatable bonds is 4. The maximum absolute atomic E-state index is 6.29. The van der Waals surface area contributed by atoms with Gasteiger partial charge < -0.3 is 14.0 Å². The monoisotopic (exact) mass is 579 g/mol. The number of hydrogen-bond donors (Lipinski definition) is 0. The van der Waals surface area contributed by atoms with Crippen LogP contribution in [0, 0.1) is 0 Å². The number of hydrogen-bond acceptors (Lipinski definition) is 4. The van der Waals surface area contributed by atoms with E-state index in [9.17, 15) is 0 Å². The second-order valence-electron chi connectivity index (χ2n) is 11.1. The molecule has 2 aromatic heterocycles. The minimum Gasteiger partial charge on any atom is -0.449 e. The Hall–Kier alpha value is -6.20. The fraction of sp³-hybridized carbons (Fsp3) is 0. The first-order chi connectivity index (χ1) is 22.3. The fourth-order valence-electron chi connectivity index (χ4n) is 6.12. The van der Waals surface area contributed by atoms with Crippen molar-refractivity contribution < 1.29 is 9.47 Å². The molecule has 5 heteroatoms. The topological polar surface area (TPSA) is 49.2 Å². The summed E-state index contributed by atoms with van der Waals surface area (Å²) in [4.78, 5) is 9.95. The highest BCUT2D eigenvalue weighted by Crippen LogP contribution is 2.48. The number of ether oxygens (including phenoxy) is 2. The molecule has 0 amide bonds. The van der Waals surface area contributed by atoms with E-state index in [0.717, 1.165) is 61.3 Å². The Balaban J connectivity index is 1.17. The smallest absolute Gasteiger partial charge is 0.172 e. The van der Waals surface area contributed by atoms with Crippen molar-refractivity contribution in [2.45, 2.75) is 0 Å². The molecule has 45 heavy (non-hydrogen) atoms. The maximum atomic E-state index is 6.29. The summed E-state index contributed by atoms with van der Waals surface area (Å²) in [5.74, 6) is 3.55. The Bertz CT molecular complexity index is 2310. The van der Waals surface area contributed by atoms with Gasteiger partial charge in [-0.15, -0.1) is 0 Å². The molecule has 0 atom stereocenters. The van der Waals surface area contributed by atoms with Gasteiger partial charge >= 0.3 is 0 Å². The van der Waals surface area contributed by atoms with E-state index in [-0.39, 0.29) is 0 Å². The van der Waals surface area contributed by atoms with E-state index in [1.54, 1.807) is 0 Å². The Labute approximate surface area is 259 Å². The van der Waals surface area contributed by atoms with Crippen molar-refractivity contribution in [2.75, 3.05) is 0 Å². The minimum absolute atomic E-state index is 0.699. The molecule has 6 aromatic carbocycles. The van der Waals surface area contributed by atoms with Crippen LogP contribution in [0.2, 0.25) is 0 Å². The van der Waals surface area contributed by atoms with Gasteiger partial charge in [-0.3, -0.25) is 0 Å². The lowest BCUT2D eigenvalue weighted by Gasteiger charge is -2.20. The summed E-state index contributed by atoms with van der Waals surface area (Å²) in [6, 6.07) is 51.4. The molecule has 0 saturated heterocycles. The van der Waals surface area contributed by atoms with Crippen LogP contribution in [0.3, 0.4) is 0 Å². The predicted octanol–water partition coefficient (Wildman–Crippen LogP) is 10.5. The molecule has 0 fully saturated rings. The molecule has 0 N–H and O–H groups in total. The first-order valence-electron chi connectivity index (χ1n) is 14.9. The van der Waals surface area contributed by atoms with Crippen molar-refractivity contribution in [3.63, 3.8) is 0 Å². The van der Waals surface area contributed by atoms with Crippen LogP contribution < -0.4 is 9.47 Å².